The molecule has 25 heavy (non-hydrogen) atoms. The summed E-state index contributed by atoms with van der Waals surface area (Å²) in [7, 11) is 1.59. The van der Waals surface area contributed by atoms with Gasteiger partial charge in [0.15, 0.2) is 0 Å². The number of nitrogens with one attached hydrogen (secondary N) is 1. The fraction of sp³-hybridized carbons (Fsp3) is 0.438. The summed E-state index contributed by atoms with van der Waals surface area (Å²) >= 11 is 0. The van der Waals surface area contributed by atoms with E-state index in [0.717, 1.165) is 32.1 Å². The zero-order valence-corrected chi connectivity index (χ0v) is 14.1. The van der Waals surface area contributed by atoms with Crippen molar-refractivity contribution < 1.29 is 9.53 Å². The van der Waals surface area contributed by atoms with Crippen LogP contribution in [0.15, 0.2) is 30.7 Å². The maximum absolute atomic E-state index is 12.1. The number of methoxy groups -OCH3 is 1. The Kier molecular flexibility index (Phi) is 5.68. The molecule has 9 nitrogen and oxygen atoms in total. The second kappa shape index (κ2) is 8.34. The summed E-state index contributed by atoms with van der Waals surface area (Å²) in [5, 5.41) is 2.76. The molecule has 0 bridgehead atoms. The fourth-order valence-electron chi connectivity index (χ4n) is 2.55. The Morgan fingerprint density at radius 1 is 1.08 bits per heavy atom. The molecular weight excluding hydrogens is 322 g/mol. The van der Waals surface area contributed by atoms with E-state index < -0.39 is 0 Å². The number of aromatic nitrogens is 4. The lowest BCUT2D eigenvalue weighted by Gasteiger charge is -2.34. The summed E-state index contributed by atoms with van der Waals surface area (Å²) in [6.07, 6.45) is 5.09. The summed E-state index contributed by atoms with van der Waals surface area (Å²) in [4.78, 5) is 33.5. The molecule has 2 aromatic rings. The Balaban J connectivity index is 1.60. The van der Waals surface area contributed by atoms with E-state index in [1.807, 2.05) is 0 Å². The van der Waals surface area contributed by atoms with E-state index >= 15 is 0 Å². The summed E-state index contributed by atoms with van der Waals surface area (Å²) < 4.78 is 4.92. The van der Waals surface area contributed by atoms with Gasteiger partial charge >= 0.3 is 0 Å². The third-order valence-corrected chi connectivity index (χ3v) is 3.86. The van der Waals surface area contributed by atoms with Crippen LogP contribution in [0.25, 0.3) is 0 Å². The molecule has 3 heterocycles. The van der Waals surface area contributed by atoms with E-state index in [9.17, 15) is 4.79 Å². The molecule has 0 saturated carbocycles. The molecule has 1 saturated heterocycles. The van der Waals surface area contributed by atoms with Crippen molar-refractivity contribution in [3.8, 4) is 0 Å². The van der Waals surface area contributed by atoms with Crippen LogP contribution in [0.1, 0.15) is 10.5 Å². The molecule has 9 heteroatoms. The molecule has 132 valence electrons. The molecule has 1 aliphatic heterocycles. The second-order valence-corrected chi connectivity index (χ2v) is 5.51. The molecule has 3 rings (SSSR count). The van der Waals surface area contributed by atoms with Crippen LogP contribution in [-0.2, 0) is 4.74 Å². The average molecular weight is 343 g/mol. The Morgan fingerprint density at radius 3 is 2.40 bits per heavy atom. The highest BCUT2D eigenvalue weighted by Crippen LogP contribution is 2.14. The SMILES string of the molecule is COCCNC(=O)c1ccnc(N2CCN(c3ncccn3)CC2)n1. The standard InChI is InChI=1S/C16H21N7O2/c1-25-12-7-17-14(24)13-3-6-20-16(21-13)23-10-8-22(9-11-23)15-18-4-2-5-19-15/h2-6H,7-12H2,1H3,(H,17,24). The molecule has 0 spiro atoms. The van der Waals surface area contributed by atoms with Gasteiger partial charge in [0.25, 0.3) is 5.91 Å². The summed E-state index contributed by atoms with van der Waals surface area (Å²) in [6.45, 7) is 3.95. The van der Waals surface area contributed by atoms with Crippen LogP contribution in [0.5, 0.6) is 0 Å². The van der Waals surface area contributed by atoms with Crippen LogP contribution in [0.4, 0.5) is 11.9 Å². The lowest BCUT2D eigenvalue weighted by molar-refractivity contribution is 0.0932. The van der Waals surface area contributed by atoms with Crippen molar-refractivity contribution in [3.05, 3.63) is 36.4 Å². The molecule has 2 aromatic heterocycles. The number of hydrogen-bond donors (Lipinski definition) is 1. The molecule has 0 aliphatic carbocycles. The molecular formula is C16H21N7O2. The monoisotopic (exact) mass is 343 g/mol. The molecule has 1 aliphatic rings. The fourth-order valence-corrected chi connectivity index (χ4v) is 2.55. The Labute approximate surface area is 146 Å². The smallest absolute Gasteiger partial charge is 0.270 e. The third kappa shape index (κ3) is 4.38. The molecule has 0 unspecified atom stereocenters. The highest BCUT2D eigenvalue weighted by atomic mass is 16.5. The van der Waals surface area contributed by atoms with Crippen molar-refractivity contribution in [3.63, 3.8) is 0 Å². The molecule has 1 amide bonds. The van der Waals surface area contributed by atoms with Crippen molar-refractivity contribution in [2.45, 2.75) is 0 Å². The first-order chi connectivity index (χ1) is 12.3. The third-order valence-electron chi connectivity index (χ3n) is 3.86. The van der Waals surface area contributed by atoms with E-state index in [2.05, 4.69) is 35.1 Å². The van der Waals surface area contributed by atoms with Gasteiger partial charge in [0.1, 0.15) is 5.69 Å². The summed E-state index contributed by atoms with van der Waals surface area (Å²) in [6, 6.07) is 3.41. The zero-order chi connectivity index (χ0) is 17.5. The highest BCUT2D eigenvalue weighted by molar-refractivity contribution is 5.92. The minimum absolute atomic E-state index is 0.225. The van der Waals surface area contributed by atoms with Gasteiger partial charge in [-0.05, 0) is 12.1 Å². The Bertz CT molecular complexity index is 690. The number of piperazine rings is 1. The van der Waals surface area contributed by atoms with Crippen LogP contribution >= 0.6 is 0 Å². The molecule has 1 fully saturated rings. The van der Waals surface area contributed by atoms with Crippen LogP contribution in [-0.4, -0.2) is 72.3 Å². The van der Waals surface area contributed by atoms with Gasteiger partial charge in [0.2, 0.25) is 11.9 Å². The summed E-state index contributed by atoms with van der Waals surface area (Å²) in [5.41, 5.74) is 0.356. The van der Waals surface area contributed by atoms with Gasteiger partial charge in [-0.3, -0.25) is 4.79 Å². The largest absolute Gasteiger partial charge is 0.383 e. The number of amides is 1. The van der Waals surface area contributed by atoms with Crippen LogP contribution in [0, 0.1) is 0 Å². The van der Waals surface area contributed by atoms with Crippen LogP contribution in [0.3, 0.4) is 0 Å². The molecule has 0 atom stereocenters. The minimum atomic E-state index is -0.225. The van der Waals surface area contributed by atoms with Gasteiger partial charge in [-0.25, -0.2) is 19.9 Å². The maximum Gasteiger partial charge on any atom is 0.270 e. The number of hydrogen-bond acceptors (Lipinski definition) is 8. The highest BCUT2D eigenvalue weighted by Gasteiger charge is 2.21. The van der Waals surface area contributed by atoms with Crippen molar-refractivity contribution >= 4 is 17.8 Å². The second-order valence-electron chi connectivity index (χ2n) is 5.51. The van der Waals surface area contributed by atoms with E-state index in [1.54, 1.807) is 37.8 Å². The first-order valence-electron chi connectivity index (χ1n) is 8.15. The first kappa shape index (κ1) is 17.0. The molecule has 0 radical (unpaired) electrons. The predicted octanol–water partition coefficient (Wildman–Crippen LogP) is -0.0306. The number of rotatable bonds is 6. The topological polar surface area (TPSA) is 96.4 Å². The van der Waals surface area contributed by atoms with Crippen molar-refractivity contribution in [1.82, 2.24) is 25.3 Å². The number of carbonyl (C=O) groups is 1. The minimum Gasteiger partial charge on any atom is -0.383 e. The number of anilines is 2. The average Bonchev–Trinajstić information content (AvgIpc) is 2.69. The number of ether oxygens (including phenoxy) is 1. The number of carbonyl (C=O) groups excluding carboxylic acids is 1. The zero-order valence-electron chi connectivity index (χ0n) is 14.1. The van der Waals surface area contributed by atoms with Gasteiger partial charge in [0, 0.05) is 58.4 Å². The van der Waals surface area contributed by atoms with Crippen molar-refractivity contribution in [1.29, 1.82) is 0 Å². The summed E-state index contributed by atoms with van der Waals surface area (Å²) in [5.74, 6) is 1.07. The van der Waals surface area contributed by atoms with Gasteiger partial charge in [-0.2, -0.15) is 0 Å². The van der Waals surface area contributed by atoms with E-state index in [-0.39, 0.29) is 5.91 Å². The van der Waals surface area contributed by atoms with Crippen LogP contribution in [0.2, 0.25) is 0 Å². The molecule has 0 aromatic carbocycles. The lowest BCUT2D eigenvalue weighted by atomic mass is 10.3. The Morgan fingerprint density at radius 2 is 1.72 bits per heavy atom. The van der Waals surface area contributed by atoms with Gasteiger partial charge in [0.05, 0.1) is 6.61 Å². The quantitative estimate of drug-likeness (QED) is 0.731. The van der Waals surface area contributed by atoms with Crippen molar-refractivity contribution in [2.75, 3.05) is 56.2 Å². The van der Waals surface area contributed by atoms with Crippen LogP contribution < -0.4 is 15.1 Å². The van der Waals surface area contributed by atoms with E-state index in [4.69, 9.17) is 4.74 Å². The normalized spacial score (nSPS) is 14.4. The van der Waals surface area contributed by atoms with Crippen molar-refractivity contribution in [2.24, 2.45) is 0 Å². The van der Waals surface area contributed by atoms with Gasteiger partial charge in [-0.1, -0.05) is 0 Å². The maximum atomic E-state index is 12.1. The van der Waals surface area contributed by atoms with E-state index in [1.165, 1.54) is 0 Å². The van der Waals surface area contributed by atoms with E-state index in [0.29, 0.717) is 24.8 Å². The first-order valence-corrected chi connectivity index (χ1v) is 8.15. The Hall–Kier alpha value is -2.81. The molecule has 1 N–H and O–H groups in total. The van der Waals surface area contributed by atoms with Gasteiger partial charge < -0.3 is 19.9 Å². The lowest BCUT2D eigenvalue weighted by Crippen LogP contribution is -2.47. The van der Waals surface area contributed by atoms with Gasteiger partial charge in [-0.15, -0.1) is 0 Å². The number of nitrogens with zero attached hydrogens (tertiary/aromatic N) is 6. The predicted molar refractivity (Wildman–Crippen MR) is 92.7 cm³/mol.